The molecule has 8 heteroatoms. The first kappa shape index (κ1) is 19.1. The van der Waals surface area contributed by atoms with Crippen molar-refractivity contribution in [2.24, 2.45) is 0 Å². The molecule has 0 saturated carbocycles. The molecule has 0 aromatic heterocycles. The fourth-order valence-corrected chi connectivity index (χ4v) is 3.40. The maximum atomic E-state index is 12.5. The number of carbonyl (C=O) groups excluding carboxylic acids is 2. The molecule has 1 atom stereocenters. The van der Waals surface area contributed by atoms with Crippen LogP contribution in [0.2, 0.25) is 0 Å². The Morgan fingerprint density at radius 2 is 2.00 bits per heavy atom. The number of carboxylic acid groups (broad SMARTS) is 1. The van der Waals surface area contributed by atoms with Gasteiger partial charge >= 0.3 is 5.97 Å². The molecule has 6 nitrogen and oxygen atoms in total. The average Bonchev–Trinajstić information content (AvgIpc) is 2.81. The van der Waals surface area contributed by atoms with Gasteiger partial charge in [0, 0.05) is 13.0 Å². The summed E-state index contributed by atoms with van der Waals surface area (Å²) in [5.41, 5.74) is 2.03. The molecule has 1 unspecified atom stereocenters. The largest absolute Gasteiger partial charge is 0.480 e. The van der Waals surface area contributed by atoms with Gasteiger partial charge in [0.2, 0.25) is 5.91 Å². The third kappa shape index (κ3) is 5.14. The van der Waals surface area contributed by atoms with Gasteiger partial charge in [0.25, 0.3) is 5.91 Å². The number of nitrogens with one attached hydrogen (secondary N) is 1. The lowest BCUT2D eigenvalue weighted by Gasteiger charge is -2.15. The minimum atomic E-state index is -1.11. The van der Waals surface area contributed by atoms with Gasteiger partial charge in [-0.2, -0.15) is 0 Å². The quantitative estimate of drug-likeness (QED) is 0.583. The molecule has 132 valence electrons. The fraction of sp³-hybridized carbons (Fsp3) is 0.294. The van der Waals surface area contributed by atoms with Crippen LogP contribution in [0, 0.1) is 6.92 Å². The Kier molecular flexibility index (Phi) is 6.33. The van der Waals surface area contributed by atoms with Crippen molar-refractivity contribution in [3.05, 3.63) is 40.3 Å². The summed E-state index contributed by atoms with van der Waals surface area (Å²) in [5, 5.41) is 11.1. The Bertz CT molecular complexity index is 744. The fourth-order valence-electron chi connectivity index (χ4n) is 2.10. The van der Waals surface area contributed by atoms with Crippen LogP contribution in [0.1, 0.15) is 24.5 Å². The smallest absolute Gasteiger partial charge is 0.325 e. The first-order valence-electron chi connectivity index (χ1n) is 7.62. The van der Waals surface area contributed by atoms with Crippen molar-refractivity contribution < 1.29 is 19.5 Å². The third-order valence-corrected chi connectivity index (χ3v) is 4.94. The number of hydrogen-bond acceptors (Lipinski definition) is 5. The maximum Gasteiger partial charge on any atom is 0.325 e. The third-order valence-electron chi connectivity index (χ3n) is 3.56. The zero-order valence-corrected chi connectivity index (χ0v) is 15.4. The zero-order chi connectivity index (χ0) is 18.6. The van der Waals surface area contributed by atoms with Crippen molar-refractivity contribution >= 4 is 52.2 Å². The molecule has 0 radical (unpaired) electrons. The van der Waals surface area contributed by atoms with E-state index < -0.39 is 17.9 Å². The van der Waals surface area contributed by atoms with Crippen molar-refractivity contribution in [2.75, 3.05) is 6.54 Å². The lowest BCUT2D eigenvalue weighted by Crippen LogP contribution is -2.40. The van der Waals surface area contributed by atoms with Gasteiger partial charge in [-0.1, -0.05) is 53.8 Å². The predicted octanol–water partition coefficient (Wildman–Crippen LogP) is 2.18. The van der Waals surface area contributed by atoms with Crippen LogP contribution >= 0.6 is 24.0 Å². The van der Waals surface area contributed by atoms with Gasteiger partial charge in [-0.05, 0) is 25.5 Å². The molecule has 0 bridgehead atoms. The highest BCUT2D eigenvalue weighted by molar-refractivity contribution is 8.26. The zero-order valence-electron chi connectivity index (χ0n) is 13.8. The van der Waals surface area contributed by atoms with Crippen molar-refractivity contribution in [3.63, 3.8) is 0 Å². The summed E-state index contributed by atoms with van der Waals surface area (Å²) in [6, 6.07) is 6.78. The van der Waals surface area contributed by atoms with Gasteiger partial charge in [-0.15, -0.1) is 0 Å². The number of aliphatic carboxylic acids is 1. The number of carbonyl (C=O) groups is 3. The van der Waals surface area contributed by atoms with Crippen LogP contribution in [-0.2, 0) is 14.4 Å². The van der Waals surface area contributed by atoms with Gasteiger partial charge in [0.15, 0.2) is 0 Å². The average molecular weight is 378 g/mol. The minimum absolute atomic E-state index is 0.0120. The van der Waals surface area contributed by atoms with E-state index >= 15 is 0 Å². The van der Waals surface area contributed by atoms with E-state index in [1.165, 1.54) is 23.6 Å². The van der Waals surface area contributed by atoms with Crippen molar-refractivity contribution in [2.45, 2.75) is 26.3 Å². The molecule has 1 fully saturated rings. The van der Waals surface area contributed by atoms with Crippen LogP contribution < -0.4 is 5.32 Å². The van der Waals surface area contributed by atoms with E-state index in [1.807, 2.05) is 31.2 Å². The molecular weight excluding hydrogens is 360 g/mol. The Labute approximate surface area is 155 Å². The second-order valence-corrected chi connectivity index (χ2v) is 7.30. The lowest BCUT2D eigenvalue weighted by atomic mass is 10.1. The minimum Gasteiger partial charge on any atom is -0.480 e. The van der Waals surface area contributed by atoms with Crippen molar-refractivity contribution in [1.82, 2.24) is 10.2 Å². The summed E-state index contributed by atoms with van der Waals surface area (Å²) in [6.45, 7) is 3.48. The molecule has 1 aliphatic rings. The molecule has 1 aliphatic heterocycles. The van der Waals surface area contributed by atoms with Gasteiger partial charge in [0.1, 0.15) is 10.4 Å². The van der Waals surface area contributed by atoms with Gasteiger partial charge in [0.05, 0.1) is 4.91 Å². The summed E-state index contributed by atoms with van der Waals surface area (Å²) in [6.07, 6.45) is 1.76. The molecule has 1 aromatic rings. The number of hydrogen-bond donors (Lipinski definition) is 2. The normalized spacial score (nSPS) is 17.0. The van der Waals surface area contributed by atoms with Crippen LogP contribution in [0.3, 0.4) is 0 Å². The summed E-state index contributed by atoms with van der Waals surface area (Å²) in [4.78, 5) is 36.8. The Morgan fingerprint density at radius 3 is 2.60 bits per heavy atom. The summed E-state index contributed by atoms with van der Waals surface area (Å²) in [7, 11) is 0. The van der Waals surface area contributed by atoms with Crippen molar-refractivity contribution in [3.8, 4) is 0 Å². The Hall–Kier alpha value is -2.19. The summed E-state index contributed by atoms with van der Waals surface area (Å²) in [5.74, 6) is -1.79. The molecule has 0 aliphatic carbocycles. The van der Waals surface area contributed by atoms with E-state index in [2.05, 4.69) is 5.32 Å². The molecule has 2 rings (SSSR count). The highest BCUT2D eigenvalue weighted by Crippen LogP contribution is 2.32. The highest BCUT2D eigenvalue weighted by atomic mass is 32.2. The molecule has 0 spiro atoms. The lowest BCUT2D eigenvalue weighted by molar-refractivity contribution is -0.141. The first-order chi connectivity index (χ1) is 11.8. The van der Waals surface area contributed by atoms with Crippen LogP contribution in [-0.4, -0.2) is 44.7 Å². The number of carboxylic acids is 1. The molecule has 1 saturated heterocycles. The highest BCUT2D eigenvalue weighted by Gasteiger charge is 2.32. The van der Waals surface area contributed by atoms with Crippen LogP contribution in [0.4, 0.5) is 0 Å². The number of nitrogens with zero attached hydrogens (tertiary/aromatic N) is 1. The standard InChI is InChI=1S/C17H18N2O4S2/c1-10-3-5-12(6-4-10)9-13-15(21)19(17(24)25-13)8-7-14(20)18-11(2)16(22)23/h3-6,9,11H,7-8H2,1-2H3,(H,18,20)(H,22,23)/b13-9+. The van der Waals surface area contributed by atoms with E-state index in [0.717, 1.165) is 11.1 Å². The first-order valence-corrected chi connectivity index (χ1v) is 8.84. The number of aryl methyl sites for hydroxylation is 1. The van der Waals surface area contributed by atoms with Crippen LogP contribution in [0.25, 0.3) is 6.08 Å². The monoisotopic (exact) mass is 378 g/mol. The Morgan fingerprint density at radius 1 is 1.36 bits per heavy atom. The topological polar surface area (TPSA) is 86.7 Å². The molecule has 1 heterocycles. The molecule has 1 aromatic carbocycles. The van der Waals surface area contributed by atoms with E-state index in [-0.39, 0.29) is 18.9 Å². The second kappa shape index (κ2) is 8.26. The summed E-state index contributed by atoms with van der Waals surface area (Å²) >= 11 is 6.41. The van der Waals surface area contributed by atoms with Crippen LogP contribution in [0.5, 0.6) is 0 Å². The van der Waals surface area contributed by atoms with Gasteiger partial charge in [-0.25, -0.2) is 0 Å². The second-order valence-electron chi connectivity index (χ2n) is 5.62. The number of rotatable bonds is 6. The molecule has 2 N–H and O–H groups in total. The molecule has 2 amide bonds. The number of benzene rings is 1. The SMILES string of the molecule is Cc1ccc(/C=C2/SC(=S)N(CCC(=O)NC(C)C(=O)O)C2=O)cc1. The Balaban J connectivity index is 1.98. The maximum absolute atomic E-state index is 12.5. The van der Waals surface area contributed by atoms with E-state index in [9.17, 15) is 14.4 Å². The van der Waals surface area contributed by atoms with E-state index in [0.29, 0.717) is 9.23 Å². The number of thiocarbonyl (C=S) groups is 1. The number of amides is 2. The predicted molar refractivity (Wildman–Crippen MR) is 101 cm³/mol. The van der Waals surface area contributed by atoms with E-state index in [4.69, 9.17) is 17.3 Å². The molecule has 25 heavy (non-hydrogen) atoms. The molecular formula is C17H18N2O4S2. The number of thioether (sulfide) groups is 1. The summed E-state index contributed by atoms with van der Waals surface area (Å²) < 4.78 is 0.391. The van der Waals surface area contributed by atoms with Crippen LogP contribution in [0.15, 0.2) is 29.2 Å². The van der Waals surface area contributed by atoms with Gasteiger partial charge < -0.3 is 10.4 Å². The van der Waals surface area contributed by atoms with Crippen molar-refractivity contribution in [1.29, 1.82) is 0 Å². The van der Waals surface area contributed by atoms with E-state index in [1.54, 1.807) is 6.08 Å². The van der Waals surface area contributed by atoms with Gasteiger partial charge in [-0.3, -0.25) is 19.3 Å².